The number of esters is 1. The number of rotatable bonds is 6. The number of H-pyrrole nitrogens is 1. The molecule has 3 aromatic rings. The second kappa shape index (κ2) is 7.87. The first-order chi connectivity index (χ1) is 12.6. The first-order valence-corrected chi connectivity index (χ1v) is 8.54. The van der Waals surface area contributed by atoms with E-state index in [1.54, 1.807) is 0 Å². The summed E-state index contributed by atoms with van der Waals surface area (Å²) in [6, 6.07) is 14.9. The summed E-state index contributed by atoms with van der Waals surface area (Å²) in [6.45, 7) is 2.00. The monoisotopic (exact) mass is 350 g/mol. The van der Waals surface area contributed by atoms with Crippen LogP contribution >= 0.6 is 0 Å². The summed E-state index contributed by atoms with van der Waals surface area (Å²) in [5, 5.41) is 3.84. The summed E-state index contributed by atoms with van der Waals surface area (Å²) in [5.74, 6) is -0.656. The number of hydrogen-bond donors (Lipinski definition) is 2. The Labute approximate surface area is 152 Å². The molecule has 134 valence electrons. The number of aromatic nitrogens is 1. The van der Waals surface area contributed by atoms with E-state index in [0.29, 0.717) is 6.42 Å². The van der Waals surface area contributed by atoms with Gasteiger partial charge in [0.15, 0.2) is 0 Å². The van der Waals surface area contributed by atoms with Crippen LogP contribution in [0.2, 0.25) is 0 Å². The molecule has 0 spiro atoms. The van der Waals surface area contributed by atoms with Crippen LogP contribution in [-0.2, 0) is 27.2 Å². The highest BCUT2D eigenvalue weighted by Crippen LogP contribution is 2.19. The van der Waals surface area contributed by atoms with Crippen LogP contribution in [0.15, 0.2) is 54.7 Å². The van der Waals surface area contributed by atoms with Gasteiger partial charge >= 0.3 is 5.97 Å². The molecule has 26 heavy (non-hydrogen) atoms. The minimum Gasteiger partial charge on any atom is -0.467 e. The van der Waals surface area contributed by atoms with E-state index in [4.69, 9.17) is 4.74 Å². The Balaban J connectivity index is 1.72. The first-order valence-electron chi connectivity index (χ1n) is 8.54. The number of carbonyl (C=O) groups is 2. The Morgan fingerprint density at radius 3 is 2.58 bits per heavy atom. The highest BCUT2D eigenvalue weighted by atomic mass is 16.5. The number of ether oxygens (including phenoxy) is 1. The molecule has 1 amide bonds. The Morgan fingerprint density at radius 1 is 1.12 bits per heavy atom. The Bertz CT molecular complexity index is 912. The molecule has 0 saturated carbocycles. The molecule has 5 nitrogen and oxygen atoms in total. The predicted octanol–water partition coefficient (Wildman–Crippen LogP) is 2.92. The molecular formula is C21H22N2O3. The van der Waals surface area contributed by atoms with Crippen LogP contribution in [0.25, 0.3) is 10.9 Å². The van der Waals surface area contributed by atoms with Crippen LogP contribution in [0.5, 0.6) is 0 Å². The summed E-state index contributed by atoms with van der Waals surface area (Å²) in [6.07, 6.45) is 2.46. The largest absolute Gasteiger partial charge is 0.467 e. The van der Waals surface area contributed by atoms with Gasteiger partial charge in [-0.1, -0.05) is 48.0 Å². The molecule has 0 bridgehead atoms. The van der Waals surface area contributed by atoms with Gasteiger partial charge in [-0.05, 0) is 24.1 Å². The van der Waals surface area contributed by atoms with Crippen molar-refractivity contribution in [2.45, 2.75) is 25.8 Å². The van der Waals surface area contributed by atoms with Gasteiger partial charge in [0.2, 0.25) is 5.91 Å². The van der Waals surface area contributed by atoms with E-state index in [1.807, 2.05) is 61.7 Å². The lowest BCUT2D eigenvalue weighted by Crippen LogP contribution is -2.43. The number of amides is 1. The van der Waals surface area contributed by atoms with Crippen LogP contribution < -0.4 is 5.32 Å². The van der Waals surface area contributed by atoms with E-state index in [2.05, 4.69) is 10.3 Å². The van der Waals surface area contributed by atoms with Crippen molar-refractivity contribution < 1.29 is 14.3 Å². The van der Waals surface area contributed by atoms with Gasteiger partial charge in [0.05, 0.1) is 13.5 Å². The summed E-state index contributed by atoms with van der Waals surface area (Å²) < 4.78 is 4.88. The Kier molecular flexibility index (Phi) is 5.37. The quantitative estimate of drug-likeness (QED) is 0.672. The fourth-order valence-electron chi connectivity index (χ4n) is 2.99. The second-order valence-electron chi connectivity index (χ2n) is 6.37. The van der Waals surface area contributed by atoms with Crippen LogP contribution in [0.4, 0.5) is 0 Å². The lowest BCUT2D eigenvalue weighted by molar-refractivity contribution is -0.145. The van der Waals surface area contributed by atoms with Crippen molar-refractivity contribution in [3.63, 3.8) is 0 Å². The molecule has 2 N–H and O–H groups in total. The van der Waals surface area contributed by atoms with Gasteiger partial charge in [-0.3, -0.25) is 4.79 Å². The van der Waals surface area contributed by atoms with Gasteiger partial charge in [-0.2, -0.15) is 0 Å². The zero-order valence-electron chi connectivity index (χ0n) is 14.9. The molecule has 3 rings (SSSR count). The van der Waals surface area contributed by atoms with Crippen LogP contribution in [0, 0.1) is 6.92 Å². The minimum absolute atomic E-state index is 0.205. The molecule has 0 fully saturated rings. The van der Waals surface area contributed by atoms with Gasteiger partial charge in [-0.15, -0.1) is 0 Å². The number of hydrogen-bond acceptors (Lipinski definition) is 3. The van der Waals surface area contributed by atoms with Crippen molar-refractivity contribution in [1.29, 1.82) is 0 Å². The van der Waals surface area contributed by atoms with Gasteiger partial charge in [0.25, 0.3) is 0 Å². The van der Waals surface area contributed by atoms with Crippen LogP contribution in [0.3, 0.4) is 0 Å². The third-order valence-electron chi connectivity index (χ3n) is 4.41. The average Bonchev–Trinajstić information content (AvgIpc) is 3.05. The maximum atomic E-state index is 12.4. The third kappa shape index (κ3) is 4.11. The fraction of sp³-hybridized carbons (Fsp3) is 0.238. The molecule has 0 radical (unpaired) electrons. The molecule has 1 unspecified atom stereocenters. The minimum atomic E-state index is -0.725. The van der Waals surface area contributed by atoms with Crippen molar-refractivity contribution in [1.82, 2.24) is 10.3 Å². The zero-order valence-corrected chi connectivity index (χ0v) is 14.9. The molecule has 0 aliphatic carbocycles. The lowest BCUT2D eigenvalue weighted by atomic mass is 10.0. The number of aromatic amines is 1. The van der Waals surface area contributed by atoms with E-state index >= 15 is 0 Å². The molecule has 2 aromatic carbocycles. The number of methoxy groups -OCH3 is 1. The van der Waals surface area contributed by atoms with E-state index in [9.17, 15) is 9.59 Å². The van der Waals surface area contributed by atoms with Gasteiger partial charge < -0.3 is 15.0 Å². The van der Waals surface area contributed by atoms with Crippen molar-refractivity contribution >= 4 is 22.8 Å². The predicted molar refractivity (Wildman–Crippen MR) is 101 cm³/mol. The zero-order chi connectivity index (χ0) is 18.5. The molecular weight excluding hydrogens is 328 g/mol. The Hall–Kier alpha value is -3.08. The van der Waals surface area contributed by atoms with Crippen molar-refractivity contribution in [2.24, 2.45) is 0 Å². The number of para-hydroxylation sites is 1. The van der Waals surface area contributed by atoms with Gasteiger partial charge in [0.1, 0.15) is 6.04 Å². The van der Waals surface area contributed by atoms with E-state index in [1.165, 1.54) is 7.11 Å². The van der Waals surface area contributed by atoms with Crippen LogP contribution in [0.1, 0.15) is 16.7 Å². The Morgan fingerprint density at radius 2 is 1.85 bits per heavy atom. The lowest BCUT2D eigenvalue weighted by Gasteiger charge is -2.16. The number of benzene rings is 2. The smallest absolute Gasteiger partial charge is 0.328 e. The average molecular weight is 350 g/mol. The fourth-order valence-corrected chi connectivity index (χ4v) is 2.99. The second-order valence-corrected chi connectivity index (χ2v) is 6.37. The number of fused-ring (bicyclic) bond motifs is 1. The van der Waals surface area contributed by atoms with Crippen molar-refractivity contribution in [3.8, 4) is 0 Å². The first kappa shape index (κ1) is 17.7. The summed E-state index contributed by atoms with van der Waals surface area (Å²) >= 11 is 0. The maximum absolute atomic E-state index is 12.4. The van der Waals surface area contributed by atoms with Gasteiger partial charge in [0, 0.05) is 23.5 Å². The van der Waals surface area contributed by atoms with E-state index in [-0.39, 0.29) is 12.3 Å². The molecule has 1 aromatic heterocycles. The summed E-state index contributed by atoms with van der Waals surface area (Å²) in [5.41, 5.74) is 4.01. The normalized spacial score (nSPS) is 11.9. The molecule has 1 atom stereocenters. The SMILES string of the molecule is COC(=O)C(Cc1c[nH]c2ccccc12)NC(=O)Cc1ccc(C)cc1. The van der Waals surface area contributed by atoms with Crippen molar-refractivity contribution in [3.05, 3.63) is 71.4 Å². The number of aryl methyl sites for hydroxylation is 1. The molecule has 0 aliphatic heterocycles. The van der Waals surface area contributed by atoms with Crippen molar-refractivity contribution in [2.75, 3.05) is 7.11 Å². The van der Waals surface area contributed by atoms with E-state index < -0.39 is 12.0 Å². The molecule has 0 saturated heterocycles. The summed E-state index contributed by atoms with van der Waals surface area (Å²) in [7, 11) is 1.33. The topological polar surface area (TPSA) is 71.2 Å². The molecule has 0 aliphatic rings. The highest BCUT2D eigenvalue weighted by molar-refractivity contribution is 5.88. The highest BCUT2D eigenvalue weighted by Gasteiger charge is 2.23. The summed E-state index contributed by atoms with van der Waals surface area (Å²) in [4.78, 5) is 27.7. The van der Waals surface area contributed by atoms with E-state index in [0.717, 1.165) is 27.6 Å². The standard InChI is InChI=1S/C21H22N2O3/c1-14-7-9-15(10-8-14)11-20(24)23-19(21(25)26-2)12-16-13-22-18-6-4-3-5-17(16)18/h3-10,13,19,22H,11-12H2,1-2H3,(H,23,24). The third-order valence-corrected chi connectivity index (χ3v) is 4.41. The molecule has 1 heterocycles. The maximum Gasteiger partial charge on any atom is 0.328 e. The van der Waals surface area contributed by atoms with Gasteiger partial charge in [-0.25, -0.2) is 4.79 Å². The number of carbonyl (C=O) groups excluding carboxylic acids is 2. The molecule has 5 heteroatoms. The van der Waals surface area contributed by atoms with Crippen LogP contribution in [-0.4, -0.2) is 30.0 Å². The number of nitrogens with one attached hydrogen (secondary N) is 2.